The molecule has 1 aliphatic heterocycles. The number of nitrogens with zero attached hydrogens (tertiary/aromatic N) is 1. The highest BCUT2D eigenvalue weighted by atomic mass is 16.5. The molecule has 1 aliphatic rings. The lowest BCUT2D eigenvalue weighted by atomic mass is 10.1. The van der Waals surface area contributed by atoms with Gasteiger partial charge in [-0.2, -0.15) is 0 Å². The van der Waals surface area contributed by atoms with Gasteiger partial charge in [0.25, 0.3) is 0 Å². The van der Waals surface area contributed by atoms with Crippen molar-refractivity contribution in [2.45, 2.75) is 12.8 Å². The second kappa shape index (κ2) is 4.95. The van der Waals surface area contributed by atoms with Crippen LogP contribution in [-0.2, 0) is 11.2 Å². The van der Waals surface area contributed by atoms with Crippen LogP contribution < -0.4 is 4.74 Å². The van der Waals surface area contributed by atoms with Crippen molar-refractivity contribution < 1.29 is 9.53 Å². The van der Waals surface area contributed by atoms with Crippen molar-refractivity contribution in [3.05, 3.63) is 59.3 Å². The highest BCUT2D eigenvalue weighted by Gasteiger charge is 2.18. The van der Waals surface area contributed by atoms with Crippen molar-refractivity contribution in [2.24, 2.45) is 0 Å². The van der Waals surface area contributed by atoms with Crippen molar-refractivity contribution in [1.29, 1.82) is 0 Å². The van der Waals surface area contributed by atoms with Crippen molar-refractivity contribution in [3.63, 3.8) is 0 Å². The maximum absolute atomic E-state index is 11.2. The lowest BCUT2D eigenvalue weighted by Crippen LogP contribution is -2.17. The number of hydrogen-bond acceptors (Lipinski definition) is 3. The molecule has 0 atom stereocenters. The molecule has 0 saturated heterocycles. The van der Waals surface area contributed by atoms with Crippen molar-refractivity contribution >= 4 is 5.97 Å². The highest BCUT2D eigenvalue weighted by molar-refractivity contribution is 5.74. The molecule has 3 nitrogen and oxygen atoms in total. The fourth-order valence-corrected chi connectivity index (χ4v) is 1.87. The van der Waals surface area contributed by atoms with Gasteiger partial charge in [0.05, 0.1) is 6.42 Å². The molecule has 1 aromatic carbocycles. The van der Waals surface area contributed by atoms with Crippen LogP contribution >= 0.6 is 0 Å². The van der Waals surface area contributed by atoms with Crippen molar-refractivity contribution in [3.8, 4) is 17.7 Å². The number of fused-ring (bicyclic) bond motifs is 1. The zero-order chi connectivity index (χ0) is 13.1. The molecule has 2 aromatic rings. The van der Waals surface area contributed by atoms with E-state index < -0.39 is 0 Å². The zero-order valence-corrected chi connectivity index (χ0v) is 10.2. The maximum atomic E-state index is 11.2. The van der Waals surface area contributed by atoms with Crippen LogP contribution in [0.1, 0.15) is 23.2 Å². The Morgan fingerprint density at radius 3 is 2.68 bits per heavy atom. The quantitative estimate of drug-likeness (QED) is 0.531. The lowest BCUT2D eigenvalue weighted by Gasteiger charge is -2.13. The summed E-state index contributed by atoms with van der Waals surface area (Å²) < 4.78 is 5.11. The monoisotopic (exact) mass is 249 g/mol. The normalized spacial score (nSPS) is 12.9. The summed E-state index contributed by atoms with van der Waals surface area (Å²) in [5.74, 6) is 6.17. The van der Waals surface area contributed by atoms with E-state index in [2.05, 4.69) is 16.8 Å². The smallest absolute Gasteiger partial charge is 0.312 e. The summed E-state index contributed by atoms with van der Waals surface area (Å²) >= 11 is 0. The first-order valence-corrected chi connectivity index (χ1v) is 6.09. The first-order valence-electron chi connectivity index (χ1n) is 6.09. The number of carbonyl (C=O) groups excluding carboxylic acids is 1. The van der Waals surface area contributed by atoms with Crippen LogP contribution in [0.15, 0.2) is 42.5 Å². The van der Waals surface area contributed by atoms with E-state index in [9.17, 15) is 4.79 Å². The fraction of sp³-hybridized carbons (Fsp3) is 0.125. The van der Waals surface area contributed by atoms with Gasteiger partial charge >= 0.3 is 5.97 Å². The second-order valence-electron chi connectivity index (χ2n) is 4.25. The van der Waals surface area contributed by atoms with Gasteiger partial charge in [-0.15, -0.1) is 0 Å². The Kier molecular flexibility index (Phi) is 2.99. The van der Waals surface area contributed by atoms with Crippen molar-refractivity contribution in [2.75, 3.05) is 0 Å². The molecule has 0 bridgehead atoms. The Labute approximate surface area is 111 Å². The van der Waals surface area contributed by atoms with Gasteiger partial charge in [0.15, 0.2) is 0 Å². The number of hydrogen-bond donors (Lipinski definition) is 0. The molecule has 1 aromatic heterocycles. The summed E-state index contributed by atoms with van der Waals surface area (Å²) in [6.45, 7) is 0. The van der Waals surface area contributed by atoms with Crippen LogP contribution in [0, 0.1) is 11.8 Å². The standard InChI is InChI=1S/C16H11NO2/c18-15-11-8-13-7-10-14(17-16(13)19-15)9-6-12-4-2-1-3-5-12/h1-5,7,10H,8,11H2. The largest absolute Gasteiger partial charge is 0.407 e. The van der Waals surface area contributed by atoms with E-state index >= 15 is 0 Å². The van der Waals surface area contributed by atoms with Gasteiger partial charge in [0.1, 0.15) is 5.69 Å². The predicted molar refractivity (Wildman–Crippen MR) is 70.6 cm³/mol. The molecule has 0 N–H and O–H groups in total. The minimum Gasteiger partial charge on any atom is -0.407 e. The Morgan fingerprint density at radius 1 is 1.00 bits per heavy atom. The van der Waals surface area contributed by atoms with Crippen LogP contribution in [0.5, 0.6) is 5.88 Å². The molecule has 0 amide bonds. The molecule has 2 heterocycles. The Bertz CT molecular complexity index is 681. The molecule has 0 aliphatic carbocycles. The highest BCUT2D eigenvalue weighted by Crippen LogP contribution is 2.22. The van der Waals surface area contributed by atoms with Gasteiger partial charge in [-0.3, -0.25) is 4.79 Å². The van der Waals surface area contributed by atoms with Gasteiger partial charge in [-0.1, -0.05) is 30.2 Å². The molecule has 0 unspecified atom stereocenters. The SMILES string of the molecule is O=C1CCc2ccc(C#Cc3ccccc3)nc2O1. The first-order chi connectivity index (χ1) is 9.31. The molecule has 0 fully saturated rings. The van der Waals surface area contributed by atoms with Crippen LogP contribution in [0.3, 0.4) is 0 Å². The van der Waals surface area contributed by atoms with Gasteiger partial charge in [0.2, 0.25) is 5.88 Å². The average molecular weight is 249 g/mol. The van der Waals surface area contributed by atoms with Crippen molar-refractivity contribution in [1.82, 2.24) is 4.98 Å². The zero-order valence-electron chi connectivity index (χ0n) is 10.2. The van der Waals surface area contributed by atoms with Gasteiger partial charge in [0, 0.05) is 11.1 Å². The van der Waals surface area contributed by atoms with E-state index in [1.807, 2.05) is 42.5 Å². The summed E-state index contributed by atoms with van der Waals surface area (Å²) in [6.07, 6.45) is 1.11. The van der Waals surface area contributed by atoms with Gasteiger partial charge in [-0.05, 0) is 30.5 Å². The van der Waals surface area contributed by atoms with E-state index in [1.54, 1.807) is 0 Å². The second-order valence-corrected chi connectivity index (χ2v) is 4.25. The minimum absolute atomic E-state index is 0.229. The van der Waals surface area contributed by atoms with E-state index in [-0.39, 0.29) is 5.97 Å². The minimum atomic E-state index is -0.229. The van der Waals surface area contributed by atoms with Crippen LogP contribution in [-0.4, -0.2) is 11.0 Å². The topological polar surface area (TPSA) is 39.2 Å². The number of esters is 1. The number of carbonyl (C=O) groups is 1. The van der Waals surface area contributed by atoms with Crippen LogP contribution in [0.2, 0.25) is 0 Å². The Hall–Kier alpha value is -2.60. The number of benzene rings is 1. The number of aromatic nitrogens is 1. The molecule has 0 radical (unpaired) electrons. The third-order valence-corrected chi connectivity index (χ3v) is 2.86. The van der Waals surface area contributed by atoms with Crippen LogP contribution in [0.25, 0.3) is 0 Å². The maximum Gasteiger partial charge on any atom is 0.312 e. The van der Waals surface area contributed by atoms with E-state index in [0.717, 1.165) is 11.1 Å². The number of pyridine rings is 1. The van der Waals surface area contributed by atoms with Crippen LogP contribution in [0.4, 0.5) is 0 Å². The molecular weight excluding hydrogens is 238 g/mol. The molecule has 92 valence electrons. The predicted octanol–water partition coefficient (Wildman–Crippen LogP) is 2.33. The number of ether oxygens (including phenoxy) is 1. The molecule has 3 rings (SSSR count). The molecule has 0 spiro atoms. The van der Waals surface area contributed by atoms with Gasteiger partial charge in [-0.25, -0.2) is 4.98 Å². The Balaban J connectivity index is 1.89. The third-order valence-electron chi connectivity index (χ3n) is 2.86. The van der Waals surface area contributed by atoms with E-state index in [1.165, 1.54) is 0 Å². The molecule has 0 saturated carbocycles. The summed E-state index contributed by atoms with van der Waals surface area (Å²) in [5, 5.41) is 0. The summed E-state index contributed by atoms with van der Waals surface area (Å²) in [4.78, 5) is 15.5. The Morgan fingerprint density at radius 2 is 1.84 bits per heavy atom. The third kappa shape index (κ3) is 2.63. The molecule has 19 heavy (non-hydrogen) atoms. The number of rotatable bonds is 0. The lowest BCUT2D eigenvalue weighted by molar-refractivity contribution is -0.135. The summed E-state index contributed by atoms with van der Waals surface area (Å²) in [5.41, 5.74) is 2.50. The van der Waals surface area contributed by atoms with E-state index in [0.29, 0.717) is 24.4 Å². The molecule has 3 heteroatoms. The first kappa shape index (κ1) is 11.5. The van der Waals surface area contributed by atoms with E-state index in [4.69, 9.17) is 4.74 Å². The molecular formula is C16H11NO2. The van der Waals surface area contributed by atoms with Gasteiger partial charge < -0.3 is 4.74 Å². The summed E-state index contributed by atoms with van der Waals surface area (Å²) in [6, 6.07) is 13.5. The number of aryl methyl sites for hydroxylation is 1. The summed E-state index contributed by atoms with van der Waals surface area (Å²) in [7, 11) is 0. The fourth-order valence-electron chi connectivity index (χ4n) is 1.87. The average Bonchev–Trinajstić information content (AvgIpc) is 2.46.